The third-order valence-corrected chi connectivity index (χ3v) is 4.40. The smallest absolute Gasteiger partial charge is 0.196 e. The van der Waals surface area contributed by atoms with Crippen molar-refractivity contribution in [2.45, 2.75) is 6.92 Å². The lowest BCUT2D eigenvalue weighted by Gasteiger charge is -2.04. The number of aromatic nitrogens is 1. The summed E-state index contributed by atoms with van der Waals surface area (Å²) in [7, 11) is 3.57. The van der Waals surface area contributed by atoms with E-state index in [1.54, 1.807) is 18.4 Å². The molecule has 0 aliphatic rings. The number of benzene rings is 1. The number of hydrogen-bond donors (Lipinski definition) is 0. The molecule has 2 heterocycles. The number of aryl methyl sites for hydroxylation is 2. The van der Waals surface area contributed by atoms with Crippen LogP contribution in [0.2, 0.25) is 0 Å². The molecule has 0 atom stereocenters. The van der Waals surface area contributed by atoms with Crippen molar-refractivity contribution in [3.05, 3.63) is 51.8 Å². The van der Waals surface area contributed by atoms with Crippen molar-refractivity contribution in [3.63, 3.8) is 0 Å². The van der Waals surface area contributed by atoms with Crippen LogP contribution in [0.25, 0.3) is 10.9 Å². The highest BCUT2D eigenvalue weighted by atomic mass is 32.1. The van der Waals surface area contributed by atoms with Crippen molar-refractivity contribution < 1.29 is 9.53 Å². The van der Waals surface area contributed by atoms with Gasteiger partial charge < -0.3 is 9.30 Å². The van der Waals surface area contributed by atoms with Gasteiger partial charge >= 0.3 is 0 Å². The Bertz CT molecular complexity index is 798. The molecule has 102 valence electrons. The van der Waals surface area contributed by atoms with Gasteiger partial charge in [0.15, 0.2) is 5.78 Å². The minimum absolute atomic E-state index is 0.0545. The molecule has 2 aromatic heterocycles. The van der Waals surface area contributed by atoms with E-state index >= 15 is 0 Å². The fourth-order valence-corrected chi connectivity index (χ4v) is 3.32. The summed E-state index contributed by atoms with van der Waals surface area (Å²) in [6.45, 7) is 1.96. The summed E-state index contributed by atoms with van der Waals surface area (Å²) in [4.78, 5) is 12.8. The molecule has 0 radical (unpaired) electrons. The lowest BCUT2D eigenvalue weighted by molar-refractivity contribution is 0.104. The normalized spacial score (nSPS) is 10.9. The number of thiophene rings is 1. The second-order valence-electron chi connectivity index (χ2n) is 4.81. The van der Waals surface area contributed by atoms with E-state index in [2.05, 4.69) is 0 Å². The number of nitrogens with zero attached hydrogens (tertiary/aromatic N) is 1. The Balaban J connectivity index is 2.27. The number of hydrogen-bond acceptors (Lipinski definition) is 3. The predicted octanol–water partition coefficient (Wildman–Crippen LogP) is 3.79. The maximum atomic E-state index is 12.8. The first-order valence-electron chi connectivity index (χ1n) is 6.33. The predicted molar refractivity (Wildman–Crippen MR) is 82.0 cm³/mol. The van der Waals surface area contributed by atoms with Crippen LogP contribution in [-0.2, 0) is 7.05 Å². The van der Waals surface area contributed by atoms with E-state index in [1.165, 1.54) is 0 Å². The largest absolute Gasteiger partial charge is 0.496 e. The monoisotopic (exact) mass is 285 g/mol. The van der Waals surface area contributed by atoms with Crippen LogP contribution in [0, 0.1) is 6.92 Å². The third-order valence-electron chi connectivity index (χ3n) is 3.54. The molecule has 3 aromatic rings. The van der Waals surface area contributed by atoms with Gasteiger partial charge in [0.1, 0.15) is 5.75 Å². The molecule has 0 fully saturated rings. The molecule has 0 unspecified atom stereocenters. The minimum atomic E-state index is 0.0545. The summed E-state index contributed by atoms with van der Waals surface area (Å²) in [6, 6.07) is 5.82. The Hall–Kier alpha value is -2.07. The van der Waals surface area contributed by atoms with Crippen LogP contribution in [0.4, 0.5) is 0 Å². The second kappa shape index (κ2) is 4.80. The first kappa shape index (κ1) is 12.9. The van der Waals surface area contributed by atoms with Gasteiger partial charge in [-0.15, -0.1) is 0 Å². The summed E-state index contributed by atoms with van der Waals surface area (Å²) in [5, 5.41) is 4.79. The van der Waals surface area contributed by atoms with Gasteiger partial charge in [0.25, 0.3) is 0 Å². The zero-order valence-electron chi connectivity index (χ0n) is 11.6. The average molecular weight is 285 g/mol. The molecule has 0 aliphatic heterocycles. The molecule has 3 nitrogen and oxygen atoms in total. The van der Waals surface area contributed by atoms with Crippen LogP contribution < -0.4 is 4.74 Å². The Labute approximate surface area is 121 Å². The maximum Gasteiger partial charge on any atom is 0.196 e. The standard InChI is InChI=1S/C16H15NO2S/c1-10-8-20-9-12(10)16(18)11-7-17(2)13-5-4-6-14(19-3)15(11)13/h4-9H,1-3H3. The molecule has 0 amide bonds. The first-order chi connectivity index (χ1) is 9.63. The van der Waals surface area contributed by atoms with Gasteiger partial charge in [-0.1, -0.05) is 6.07 Å². The van der Waals surface area contributed by atoms with Gasteiger partial charge in [0, 0.05) is 24.2 Å². The number of ether oxygens (including phenoxy) is 1. The lowest BCUT2D eigenvalue weighted by atomic mass is 10.0. The van der Waals surface area contributed by atoms with Crippen molar-refractivity contribution in [2.24, 2.45) is 7.05 Å². The summed E-state index contributed by atoms with van der Waals surface area (Å²) in [6.07, 6.45) is 1.88. The van der Waals surface area contributed by atoms with Crippen LogP contribution in [0.15, 0.2) is 35.2 Å². The Kier molecular flexibility index (Phi) is 3.10. The van der Waals surface area contributed by atoms with Crippen molar-refractivity contribution in [1.29, 1.82) is 0 Å². The van der Waals surface area contributed by atoms with Crippen molar-refractivity contribution >= 4 is 28.0 Å². The highest BCUT2D eigenvalue weighted by molar-refractivity contribution is 7.08. The number of carbonyl (C=O) groups is 1. The van der Waals surface area contributed by atoms with Crippen LogP contribution in [-0.4, -0.2) is 17.5 Å². The summed E-state index contributed by atoms with van der Waals surface area (Å²) >= 11 is 1.55. The Morgan fingerprint density at radius 1 is 1.25 bits per heavy atom. The molecule has 0 bridgehead atoms. The van der Waals surface area contributed by atoms with E-state index in [1.807, 2.05) is 53.7 Å². The molecule has 1 aromatic carbocycles. The highest BCUT2D eigenvalue weighted by Crippen LogP contribution is 2.32. The van der Waals surface area contributed by atoms with Crippen molar-refractivity contribution in [2.75, 3.05) is 7.11 Å². The number of fused-ring (bicyclic) bond motifs is 1. The summed E-state index contributed by atoms with van der Waals surface area (Å²) < 4.78 is 7.38. The number of carbonyl (C=O) groups excluding carboxylic acids is 1. The van der Waals surface area contributed by atoms with Crippen LogP contribution in [0.3, 0.4) is 0 Å². The topological polar surface area (TPSA) is 31.2 Å². The summed E-state index contributed by atoms with van der Waals surface area (Å²) in [5.74, 6) is 0.790. The first-order valence-corrected chi connectivity index (χ1v) is 7.27. The van der Waals surface area contributed by atoms with E-state index in [4.69, 9.17) is 4.74 Å². The fourth-order valence-electron chi connectivity index (χ4n) is 2.49. The van der Waals surface area contributed by atoms with E-state index in [0.29, 0.717) is 5.56 Å². The molecule has 3 rings (SSSR count). The molecule has 0 aliphatic carbocycles. The molecule has 0 N–H and O–H groups in total. The minimum Gasteiger partial charge on any atom is -0.496 e. The fraction of sp³-hybridized carbons (Fsp3) is 0.188. The Morgan fingerprint density at radius 3 is 2.70 bits per heavy atom. The zero-order chi connectivity index (χ0) is 14.3. The molecule has 0 saturated carbocycles. The lowest BCUT2D eigenvalue weighted by Crippen LogP contribution is -2.01. The van der Waals surface area contributed by atoms with Gasteiger partial charge in [-0.2, -0.15) is 11.3 Å². The average Bonchev–Trinajstić information content (AvgIpc) is 3.02. The van der Waals surface area contributed by atoms with Crippen LogP contribution in [0.1, 0.15) is 21.5 Å². The van der Waals surface area contributed by atoms with Gasteiger partial charge in [0.05, 0.1) is 23.6 Å². The highest BCUT2D eigenvalue weighted by Gasteiger charge is 2.20. The van der Waals surface area contributed by atoms with Crippen molar-refractivity contribution in [1.82, 2.24) is 4.57 Å². The van der Waals surface area contributed by atoms with Crippen molar-refractivity contribution in [3.8, 4) is 5.75 Å². The second-order valence-corrected chi connectivity index (χ2v) is 5.55. The molecular formula is C16H15NO2S. The zero-order valence-corrected chi connectivity index (χ0v) is 12.5. The van der Waals surface area contributed by atoms with E-state index in [0.717, 1.165) is 27.8 Å². The molecule has 20 heavy (non-hydrogen) atoms. The number of methoxy groups -OCH3 is 1. The van der Waals surface area contributed by atoms with E-state index in [-0.39, 0.29) is 5.78 Å². The van der Waals surface area contributed by atoms with Gasteiger partial charge in [-0.05, 0) is 30.0 Å². The number of ketones is 1. The molecule has 0 spiro atoms. The van der Waals surface area contributed by atoms with E-state index < -0.39 is 0 Å². The van der Waals surface area contributed by atoms with Crippen LogP contribution >= 0.6 is 11.3 Å². The van der Waals surface area contributed by atoms with Gasteiger partial charge in [-0.25, -0.2) is 0 Å². The van der Waals surface area contributed by atoms with Gasteiger partial charge in [0.2, 0.25) is 0 Å². The quantitative estimate of drug-likeness (QED) is 0.686. The molecule has 0 saturated heterocycles. The van der Waals surface area contributed by atoms with E-state index in [9.17, 15) is 4.79 Å². The maximum absolute atomic E-state index is 12.8. The summed E-state index contributed by atoms with van der Waals surface area (Å²) in [5.41, 5.74) is 3.49. The SMILES string of the molecule is COc1cccc2c1c(C(=O)c1cscc1C)cn2C. The molecular weight excluding hydrogens is 270 g/mol. The van der Waals surface area contributed by atoms with Gasteiger partial charge in [-0.3, -0.25) is 4.79 Å². The van der Waals surface area contributed by atoms with Crippen LogP contribution in [0.5, 0.6) is 5.75 Å². The third kappa shape index (κ3) is 1.84. The molecule has 4 heteroatoms. The number of rotatable bonds is 3. The Morgan fingerprint density at radius 2 is 2.05 bits per heavy atom.